The number of thiazole rings is 1. The van der Waals surface area contributed by atoms with Crippen LogP contribution in [0.3, 0.4) is 0 Å². The van der Waals surface area contributed by atoms with E-state index in [1.54, 1.807) is 12.3 Å². The zero-order valence-electron chi connectivity index (χ0n) is 19.0. The van der Waals surface area contributed by atoms with Gasteiger partial charge in [0, 0.05) is 42.8 Å². The molecule has 1 aliphatic heterocycles. The molecule has 7 nitrogen and oxygen atoms in total. The molecule has 1 aromatic carbocycles. The Hall–Kier alpha value is -1.65. The van der Waals surface area contributed by atoms with Crippen molar-refractivity contribution in [3.8, 4) is 10.6 Å². The van der Waals surface area contributed by atoms with Crippen molar-refractivity contribution in [3.05, 3.63) is 35.3 Å². The molecule has 2 heterocycles. The summed E-state index contributed by atoms with van der Waals surface area (Å²) < 4.78 is 22.0. The second kappa shape index (κ2) is 12.6. The highest BCUT2D eigenvalue weighted by atomic mass is 32.2. The fourth-order valence-electron chi connectivity index (χ4n) is 4.17. The van der Waals surface area contributed by atoms with Crippen LogP contribution in [0, 0.1) is 0 Å². The van der Waals surface area contributed by atoms with Crippen molar-refractivity contribution in [2.45, 2.75) is 50.5 Å². The number of aromatic nitrogens is 1. The van der Waals surface area contributed by atoms with E-state index in [1.165, 1.54) is 11.3 Å². The molecule has 1 saturated heterocycles. The van der Waals surface area contributed by atoms with Gasteiger partial charge in [-0.05, 0) is 57.3 Å². The minimum absolute atomic E-state index is 0.195. The van der Waals surface area contributed by atoms with Crippen LogP contribution in [0.2, 0.25) is 0 Å². The van der Waals surface area contributed by atoms with Gasteiger partial charge in [0.1, 0.15) is 5.01 Å². The minimum atomic E-state index is -2.04. The number of unbranched alkanes of at least 4 members (excludes halogenated alkanes) is 1. The second-order valence-corrected chi connectivity index (χ2v) is 10.1. The summed E-state index contributed by atoms with van der Waals surface area (Å²) in [4.78, 5) is 21.1. The Morgan fingerprint density at radius 2 is 2.19 bits per heavy atom. The average Bonchev–Trinajstić information content (AvgIpc) is 3.32. The molecule has 3 rings (SSSR count). The Labute approximate surface area is 197 Å². The van der Waals surface area contributed by atoms with Crippen LogP contribution in [0.25, 0.3) is 10.6 Å². The third-order valence-corrected chi connectivity index (χ3v) is 7.47. The Morgan fingerprint density at radius 1 is 1.34 bits per heavy atom. The number of rotatable bonds is 12. The van der Waals surface area contributed by atoms with E-state index >= 15 is 0 Å². The van der Waals surface area contributed by atoms with E-state index in [-0.39, 0.29) is 11.9 Å². The quantitative estimate of drug-likeness (QED) is 0.360. The van der Waals surface area contributed by atoms with E-state index in [9.17, 15) is 13.6 Å². The minimum Gasteiger partial charge on any atom is -0.340 e. The van der Waals surface area contributed by atoms with Crippen molar-refractivity contribution in [1.82, 2.24) is 20.1 Å². The lowest BCUT2D eigenvalue weighted by Crippen LogP contribution is -2.48. The van der Waals surface area contributed by atoms with E-state index < -0.39 is 11.1 Å². The standard InChI is InChI=1S/C23H34N4O3S2/c1-3-10-26(11-4-5-12-27-13-8-24-17-22(27)28)18(2)15-19-6-7-20(16-21(19)32(29)30)23-25-9-14-31-23/h6-7,9,14,16,18,24H,3-5,8,10-13,15,17H2,1-2H3,(H,29,30). The summed E-state index contributed by atoms with van der Waals surface area (Å²) >= 11 is -0.522. The summed E-state index contributed by atoms with van der Waals surface area (Å²) in [5.74, 6) is 0.195. The first-order chi connectivity index (χ1) is 15.5. The van der Waals surface area contributed by atoms with Crippen LogP contribution >= 0.6 is 11.3 Å². The molecule has 0 bridgehead atoms. The summed E-state index contributed by atoms with van der Waals surface area (Å²) in [6, 6.07) is 6.01. The lowest BCUT2D eigenvalue weighted by atomic mass is 10.0. The first-order valence-electron chi connectivity index (χ1n) is 11.4. The summed E-state index contributed by atoms with van der Waals surface area (Å²) in [6.45, 7) is 9.26. The van der Waals surface area contributed by atoms with Crippen molar-refractivity contribution in [2.24, 2.45) is 0 Å². The van der Waals surface area contributed by atoms with Gasteiger partial charge in [-0.2, -0.15) is 0 Å². The third-order valence-electron chi connectivity index (χ3n) is 5.89. The SMILES string of the molecule is CCCN(CCCCN1CCNCC1=O)C(C)Cc1ccc(-c2nccs2)cc1S(=O)O. The predicted octanol–water partition coefficient (Wildman–Crippen LogP) is 3.25. The number of piperazine rings is 1. The lowest BCUT2D eigenvalue weighted by molar-refractivity contribution is -0.131. The van der Waals surface area contributed by atoms with E-state index in [0.29, 0.717) is 11.4 Å². The summed E-state index contributed by atoms with van der Waals surface area (Å²) in [5.41, 5.74) is 1.79. The molecule has 32 heavy (non-hydrogen) atoms. The second-order valence-electron chi connectivity index (χ2n) is 8.26. The molecule has 1 aliphatic rings. The highest BCUT2D eigenvalue weighted by Crippen LogP contribution is 2.27. The van der Waals surface area contributed by atoms with Gasteiger partial charge in [0.25, 0.3) is 0 Å². The topological polar surface area (TPSA) is 85.8 Å². The van der Waals surface area contributed by atoms with Gasteiger partial charge in [-0.1, -0.05) is 19.1 Å². The Bertz CT molecular complexity index is 891. The maximum absolute atomic E-state index is 12.1. The van der Waals surface area contributed by atoms with Crippen molar-refractivity contribution in [1.29, 1.82) is 0 Å². The van der Waals surface area contributed by atoms with Gasteiger partial charge in [-0.25, -0.2) is 9.19 Å². The molecule has 0 aliphatic carbocycles. The highest BCUT2D eigenvalue weighted by molar-refractivity contribution is 7.79. The van der Waals surface area contributed by atoms with Gasteiger partial charge in [0.05, 0.1) is 11.4 Å². The smallest absolute Gasteiger partial charge is 0.236 e. The fourth-order valence-corrected chi connectivity index (χ4v) is 5.41. The number of carbonyl (C=O) groups is 1. The maximum Gasteiger partial charge on any atom is 0.236 e. The number of hydrogen-bond acceptors (Lipinski definition) is 6. The first-order valence-corrected chi connectivity index (χ1v) is 13.3. The van der Waals surface area contributed by atoms with Crippen molar-refractivity contribution in [3.63, 3.8) is 0 Å². The Balaban J connectivity index is 1.59. The number of carbonyl (C=O) groups excluding carboxylic acids is 1. The molecule has 1 fully saturated rings. The molecule has 0 radical (unpaired) electrons. The Morgan fingerprint density at radius 3 is 2.88 bits per heavy atom. The number of benzene rings is 1. The van der Waals surface area contributed by atoms with Crippen LogP contribution < -0.4 is 5.32 Å². The molecular formula is C23H34N4O3S2. The predicted molar refractivity (Wildman–Crippen MR) is 130 cm³/mol. The normalized spacial score (nSPS) is 16.5. The summed E-state index contributed by atoms with van der Waals surface area (Å²) in [5, 5.41) is 5.87. The van der Waals surface area contributed by atoms with Crippen LogP contribution in [0.5, 0.6) is 0 Å². The highest BCUT2D eigenvalue weighted by Gasteiger charge is 2.19. The van der Waals surface area contributed by atoms with Crippen LogP contribution in [0.15, 0.2) is 34.7 Å². The number of nitrogens with zero attached hydrogens (tertiary/aromatic N) is 3. The largest absolute Gasteiger partial charge is 0.340 e. The molecule has 0 saturated carbocycles. The first kappa shape index (κ1) is 25.0. The van der Waals surface area contributed by atoms with Crippen LogP contribution in [0.4, 0.5) is 0 Å². The number of hydrogen-bond donors (Lipinski definition) is 2. The van der Waals surface area contributed by atoms with Gasteiger partial charge in [-0.15, -0.1) is 11.3 Å². The third kappa shape index (κ3) is 6.92. The molecule has 2 N–H and O–H groups in total. The zero-order valence-corrected chi connectivity index (χ0v) is 20.6. The monoisotopic (exact) mass is 478 g/mol. The molecule has 2 unspecified atom stereocenters. The summed E-state index contributed by atoms with van der Waals surface area (Å²) in [7, 11) is 0. The molecule has 0 spiro atoms. The van der Waals surface area contributed by atoms with E-state index in [2.05, 4.69) is 29.0 Å². The van der Waals surface area contributed by atoms with E-state index in [4.69, 9.17) is 0 Å². The van der Waals surface area contributed by atoms with Gasteiger partial charge in [0.2, 0.25) is 5.91 Å². The maximum atomic E-state index is 12.1. The summed E-state index contributed by atoms with van der Waals surface area (Å²) in [6.07, 6.45) is 5.54. The molecule has 2 atom stereocenters. The van der Waals surface area contributed by atoms with Crippen LogP contribution in [-0.2, 0) is 22.3 Å². The van der Waals surface area contributed by atoms with Gasteiger partial charge < -0.3 is 19.7 Å². The molecule has 1 aromatic heterocycles. The fraction of sp³-hybridized carbons (Fsp3) is 0.565. The average molecular weight is 479 g/mol. The van der Waals surface area contributed by atoms with Crippen molar-refractivity contribution < 1.29 is 13.6 Å². The van der Waals surface area contributed by atoms with Gasteiger partial charge in [-0.3, -0.25) is 4.79 Å². The lowest BCUT2D eigenvalue weighted by Gasteiger charge is -2.30. The van der Waals surface area contributed by atoms with Crippen LogP contribution in [-0.4, -0.2) is 74.8 Å². The van der Waals surface area contributed by atoms with Gasteiger partial charge >= 0.3 is 0 Å². The van der Waals surface area contributed by atoms with E-state index in [0.717, 1.165) is 74.5 Å². The van der Waals surface area contributed by atoms with Crippen molar-refractivity contribution >= 4 is 28.3 Å². The number of nitrogens with one attached hydrogen (secondary N) is 1. The molecule has 2 aromatic rings. The Kier molecular flexibility index (Phi) is 9.80. The molecule has 176 valence electrons. The van der Waals surface area contributed by atoms with Crippen LogP contribution in [0.1, 0.15) is 38.7 Å². The molecule has 9 heteroatoms. The van der Waals surface area contributed by atoms with E-state index in [1.807, 2.05) is 22.4 Å². The van der Waals surface area contributed by atoms with Crippen molar-refractivity contribution in [2.75, 3.05) is 39.3 Å². The van der Waals surface area contributed by atoms with Gasteiger partial charge in [0.15, 0.2) is 11.1 Å². The molecule has 1 amide bonds. The number of amides is 1. The zero-order chi connectivity index (χ0) is 22.9. The molecular weight excluding hydrogens is 444 g/mol.